The summed E-state index contributed by atoms with van der Waals surface area (Å²) in [6.45, 7) is -0.552. The number of carbonyl (C=O) groups is 1. The number of hydrogen-bond donors (Lipinski definition) is 0. The minimum atomic E-state index is -4.14. The van der Waals surface area contributed by atoms with Crippen molar-refractivity contribution in [3.8, 4) is 0 Å². The van der Waals surface area contributed by atoms with Gasteiger partial charge >= 0.3 is 6.18 Å². The zero-order valence-corrected chi connectivity index (χ0v) is 8.81. The van der Waals surface area contributed by atoms with Crippen LogP contribution in [0.3, 0.4) is 0 Å². The van der Waals surface area contributed by atoms with Crippen LogP contribution in [0.2, 0.25) is 0 Å². The van der Waals surface area contributed by atoms with Gasteiger partial charge in [0, 0.05) is 12.3 Å². The van der Waals surface area contributed by atoms with Gasteiger partial charge in [-0.3, -0.25) is 9.69 Å². The molecule has 0 spiro atoms. The maximum atomic E-state index is 12.0. The third kappa shape index (κ3) is 4.64. The number of alkyl halides is 3. The minimum Gasteiger partial charge on any atom is -0.299 e. The van der Waals surface area contributed by atoms with Crippen LogP contribution in [-0.2, 0) is 4.79 Å². The molecule has 1 rings (SSSR count). The van der Waals surface area contributed by atoms with E-state index in [1.165, 1.54) is 11.9 Å². The van der Waals surface area contributed by atoms with Crippen molar-refractivity contribution in [1.82, 2.24) is 4.90 Å². The van der Waals surface area contributed by atoms with Crippen molar-refractivity contribution in [3.05, 3.63) is 0 Å². The fourth-order valence-electron chi connectivity index (χ4n) is 1.95. The van der Waals surface area contributed by atoms with Crippen LogP contribution in [0.4, 0.5) is 13.2 Å². The van der Waals surface area contributed by atoms with E-state index < -0.39 is 12.7 Å². The SMILES string of the molecule is CN(CCC1CCCC1=O)CC(F)(F)F. The first-order valence-corrected chi connectivity index (χ1v) is 5.16. The van der Waals surface area contributed by atoms with Gasteiger partial charge in [-0.05, 0) is 32.9 Å². The Kier molecular flexibility index (Phi) is 4.13. The summed E-state index contributed by atoms with van der Waals surface area (Å²) in [6, 6.07) is 0. The molecule has 15 heavy (non-hydrogen) atoms. The van der Waals surface area contributed by atoms with E-state index in [9.17, 15) is 18.0 Å². The van der Waals surface area contributed by atoms with Gasteiger partial charge in [0.15, 0.2) is 0 Å². The lowest BCUT2D eigenvalue weighted by molar-refractivity contribution is -0.143. The summed E-state index contributed by atoms with van der Waals surface area (Å²) in [5.74, 6) is 0.219. The molecule has 0 N–H and O–H groups in total. The van der Waals surface area contributed by atoms with Crippen LogP contribution in [0, 0.1) is 5.92 Å². The number of Topliss-reactive ketones (excluding diaryl/α,β-unsaturated/α-hetero) is 1. The summed E-state index contributed by atoms with van der Waals surface area (Å²) in [5, 5.41) is 0. The van der Waals surface area contributed by atoms with Gasteiger partial charge in [0.1, 0.15) is 5.78 Å². The van der Waals surface area contributed by atoms with E-state index in [1.807, 2.05) is 0 Å². The lowest BCUT2D eigenvalue weighted by atomic mass is 10.0. The maximum absolute atomic E-state index is 12.0. The molecular formula is C10H16F3NO. The summed E-state index contributed by atoms with van der Waals surface area (Å²) in [5.41, 5.74) is 0. The predicted molar refractivity (Wildman–Crippen MR) is 50.5 cm³/mol. The van der Waals surface area contributed by atoms with Gasteiger partial charge in [-0.1, -0.05) is 0 Å². The second-order valence-corrected chi connectivity index (χ2v) is 4.20. The molecule has 2 nitrogen and oxygen atoms in total. The third-order valence-electron chi connectivity index (χ3n) is 2.74. The van der Waals surface area contributed by atoms with E-state index in [0.717, 1.165) is 12.8 Å². The topological polar surface area (TPSA) is 20.3 Å². The van der Waals surface area contributed by atoms with Crippen molar-refractivity contribution in [3.63, 3.8) is 0 Å². The average molecular weight is 223 g/mol. The van der Waals surface area contributed by atoms with E-state index in [-0.39, 0.29) is 11.7 Å². The Morgan fingerprint density at radius 3 is 2.60 bits per heavy atom. The highest BCUT2D eigenvalue weighted by Crippen LogP contribution is 2.24. The lowest BCUT2D eigenvalue weighted by Crippen LogP contribution is -2.32. The highest BCUT2D eigenvalue weighted by Gasteiger charge is 2.30. The Hall–Kier alpha value is -0.580. The van der Waals surface area contributed by atoms with Crippen LogP contribution in [0.25, 0.3) is 0 Å². The van der Waals surface area contributed by atoms with E-state index >= 15 is 0 Å². The molecule has 1 saturated carbocycles. The van der Waals surface area contributed by atoms with Crippen LogP contribution in [0.5, 0.6) is 0 Å². The van der Waals surface area contributed by atoms with Crippen LogP contribution in [0.15, 0.2) is 0 Å². The minimum absolute atomic E-state index is 0.000633. The van der Waals surface area contributed by atoms with Gasteiger partial charge in [-0.2, -0.15) is 13.2 Å². The molecular weight excluding hydrogens is 207 g/mol. The zero-order chi connectivity index (χ0) is 11.5. The van der Waals surface area contributed by atoms with Gasteiger partial charge in [0.2, 0.25) is 0 Å². The number of hydrogen-bond acceptors (Lipinski definition) is 2. The Labute approximate surface area is 87.4 Å². The highest BCUT2D eigenvalue weighted by molar-refractivity contribution is 5.82. The molecule has 1 aliphatic rings. The van der Waals surface area contributed by atoms with E-state index in [2.05, 4.69) is 0 Å². The first kappa shape index (κ1) is 12.5. The van der Waals surface area contributed by atoms with Crippen LogP contribution in [-0.4, -0.2) is 37.0 Å². The lowest BCUT2D eigenvalue weighted by Gasteiger charge is -2.19. The molecule has 1 unspecified atom stereocenters. The zero-order valence-electron chi connectivity index (χ0n) is 8.81. The fourth-order valence-corrected chi connectivity index (χ4v) is 1.95. The summed E-state index contributed by atoms with van der Waals surface area (Å²) in [4.78, 5) is 12.5. The third-order valence-corrected chi connectivity index (χ3v) is 2.74. The number of nitrogens with zero attached hydrogens (tertiary/aromatic N) is 1. The van der Waals surface area contributed by atoms with Crippen molar-refractivity contribution in [1.29, 1.82) is 0 Å². The molecule has 0 heterocycles. The molecule has 0 amide bonds. The van der Waals surface area contributed by atoms with Crippen LogP contribution < -0.4 is 0 Å². The van der Waals surface area contributed by atoms with Gasteiger partial charge in [0.25, 0.3) is 0 Å². The number of halogens is 3. The standard InChI is InChI=1S/C10H16F3NO/c1-14(7-10(11,12)13)6-5-8-3-2-4-9(8)15/h8H,2-7H2,1H3. The first-order chi connectivity index (χ1) is 6.88. The molecule has 0 aromatic heterocycles. The van der Waals surface area contributed by atoms with Gasteiger partial charge in [-0.15, -0.1) is 0 Å². The quantitative estimate of drug-likeness (QED) is 0.728. The average Bonchev–Trinajstić information content (AvgIpc) is 2.44. The van der Waals surface area contributed by atoms with Crippen LogP contribution in [0.1, 0.15) is 25.7 Å². The Bertz CT molecular complexity index is 227. The molecule has 0 aromatic carbocycles. The van der Waals surface area contributed by atoms with Gasteiger partial charge < -0.3 is 0 Å². The summed E-state index contributed by atoms with van der Waals surface area (Å²) < 4.78 is 35.9. The van der Waals surface area contributed by atoms with Gasteiger partial charge in [-0.25, -0.2) is 0 Å². The molecule has 0 aliphatic heterocycles. The summed E-state index contributed by atoms with van der Waals surface area (Å²) in [6.07, 6.45) is -1.24. The Balaban J connectivity index is 2.22. The molecule has 1 fully saturated rings. The molecule has 5 heteroatoms. The van der Waals surface area contributed by atoms with Crippen molar-refractivity contribution >= 4 is 5.78 Å². The van der Waals surface area contributed by atoms with Crippen molar-refractivity contribution in [2.45, 2.75) is 31.9 Å². The van der Waals surface area contributed by atoms with E-state index in [1.54, 1.807) is 0 Å². The van der Waals surface area contributed by atoms with Crippen molar-refractivity contribution < 1.29 is 18.0 Å². The monoisotopic (exact) mass is 223 g/mol. The predicted octanol–water partition coefficient (Wildman–Crippen LogP) is 2.24. The normalized spacial score (nSPS) is 22.7. The molecule has 1 atom stereocenters. The number of ketones is 1. The summed E-state index contributed by atoms with van der Waals surface area (Å²) >= 11 is 0. The first-order valence-electron chi connectivity index (χ1n) is 5.16. The molecule has 88 valence electrons. The van der Waals surface area contributed by atoms with Gasteiger partial charge in [0.05, 0.1) is 6.54 Å². The summed E-state index contributed by atoms with van der Waals surface area (Å²) in [7, 11) is 1.44. The van der Waals surface area contributed by atoms with E-state index in [4.69, 9.17) is 0 Å². The maximum Gasteiger partial charge on any atom is 0.401 e. The van der Waals surface area contributed by atoms with Crippen molar-refractivity contribution in [2.24, 2.45) is 5.92 Å². The van der Waals surface area contributed by atoms with Crippen LogP contribution >= 0.6 is 0 Å². The smallest absolute Gasteiger partial charge is 0.299 e. The molecule has 0 radical (unpaired) electrons. The second-order valence-electron chi connectivity index (χ2n) is 4.20. The fraction of sp³-hybridized carbons (Fsp3) is 0.900. The molecule has 0 bridgehead atoms. The van der Waals surface area contributed by atoms with Crippen molar-refractivity contribution in [2.75, 3.05) is 20.1 Å². The Morgan fingerprint density at radius 1 is 1.47 bits per heavy atom. The largest absolute Gasteiger partial charge is 0.401 e. The van der Waals surface area contributed by atoms with E-state index in [0.29, 0.717) is 19.4 Å². The molecule has 0 saturated heterocycles. The Morgan fingerprint density at radius 2 is 2.13 bits per heavy atom. The second kappa shape index (κ2) is 4.96. The number of carbonyl (C=O) groups excluding carboxylic acids is 1. The molecule has 1 aliphatic carbocycles. The molecule has 0 aromatic rings. The number of rotatable bonds is 4. The highest BCUT2D eigenvalue weighted by atomic mass is 19.4.